The van der Waals surface area contributed by atoms with Gasteiger partial charge < -0.3 is 14.6 Å². The fraction of sp³-hybridized carbons (Fsp3) is 0.600. The molecule has 1 aliphatic heterocycles. The number of aromatic nitrogens is 4. The number of amides is 2. The van der Waals surface area contributed by atoms with E-state index in [1.165, 1.54) is 14.0 Å². The molecule has 0 aromatic carbocycles. The van der Waals surface area contributed by atoms with E-state index in [9.17, 15) is 18.0 Å². The summed E-state index contributed by atoms with van der Waals surface area (Å²) in [6.45, 7) is 3.63. The summed E-state index contributed by atoms with van der Waals surface area (Å²) in [4.78, 5) is 16.8. The monoisotopic (exact) mass is 388 g/mol. The van der Waals surface area contributed by atoms with Crippen LogP contribution in [0.15, 0.2) is 4.52 Å². The average molecular weight is 388 g/mol. The van der Waals surface area contributed by atoms with Gasteiger partial charge in [-0.3, -0.25) is 10.00 Å². The lowest BCUT2D eigenvalue weighted by atomic mass is 9.90. The molecule has 0 atom stereocenters. The van der Waals surface area contributed by atoms with Crippen molar-refractivity contribution >= 4 is 11.8 Å². The third kappa shape index (κ3) is 3.75. The van der Waals surface area contributed by atoms with Crippen LogP contribution in [0.4, 0.5) is 23.8 Å². The predicted octanol–water partition coefficient (Wildman–Crippen LogP) is 2.27. The molecular weight excluding hydrogens is 369 g/mol. The van der Waals surface area contributed by atoms with E-state index in [4.69, 9.17) is 9.26 Å². The molecule has 3 rings (SSSR count). The van der Waals surface area contributed by atoms with E-state index >= 15 is 0 Å². The highest BCUT2D eigenvalue weighted by Crippen LogP contribution is 2.34. The summed E-state index contributed by atoms with van der Waals surface area (Å²) < 4.78 is 50.5. The summed E-state index contributed by atoms with van der Waals surface area (Å²) in [5, 5.41) is 12.4. The lowest BCUT2D eigenvalue weighted by Gasteiger charge is -2.34. The van der Waals surface area contributed by atoms with Gasteiger partial charge in [-0.25, -0.2) is 4.79 Å². The maximum atomic E-state index is 13.0. The van der Waals surface area contributed by atoms with Crippen LogP contribution in [0.25, 0.3) is 0 Å². The molecule has 1 fully saturated rings. The number of carbonyl (C=O) groups is 1. The molecule has 1 aliphatic rings. The van der Waals surface area contributed by atoms with Gasteiger partial charge in [0.25, 0.3) is 5.89 Å². The first-order valence-corrected chi connectivity index (χ1v) is 8.21. The van der Waals surface area contributed by atoms with Gasteiger partial charge in [0.1, 0.15) is 11.4 Å². The molecule has 0 unspecified atom stereocenters. The molecule has 2 aromatic heterocycles. The topological polar surface area (TPSA) is 107 Å². The Morgan fingerprint density at radius 1 is 1.26 bits per heavy atom. The van der Waals surface area contributed by atoms with E-state index in [1.807, 2.05) is 0 Å². The van der Waals surface area contributed by atoms with E-state index in [-0.39, 0.29) is 17.3 Å². The lowest BCUT2D eigenvalue weighted by molar-refractivity contribution is -0.141. The summed E-state index contributed by atoms with van der Waals surface area (Å²) in [6, 6.07) is -0.701. The summed E-state index contributed by atoms with van der Waals surface area (Å²) >= 11 is 0. The minimum absolute atomic E-state index is 0.0521. The third-order valence-electron chi connectivity index (χ3n) is 4.42. The van der Waals surface area contributed by atoms with Crippen molar-refractivity contribution in [3.8, 4) is 0 Å². The molecule has 2 N–H and O–H groups in total. The number of urea groups is 1. The van der Waals surface area contributed by atoms with Crippen molar-refractivity contribution in [3.63, 3.8) is 0 Å². The van der Waals surface area contributed by atoms with Gasteiger partial charge in [0.05, 0.1) is 0 Å². The van der Waals surface area contributed by atoms with Crippen LogP contribution < -0.4 is 10.6 Å². The largest absolute Gasteiger partial charge is 0.435 e. The number of aryl methyl sites for hydroxylation is 2. The van der Waals surface area contributed by atoms with Crippen LogP contribution in [-0.4, -0.2) is 39.2 Å². The van der Waals surface area contributed by atoms with Crippen LogP contribution in [0, 0.1) is 13.8 Å². The van der Waals surface area contributed by atoms with Gasteiger partial charge in [-0.15, -0.1) is 0 Å². The van der Waals surface area contributed by atoms with Crippen molar-refractivity contribution in [2.24, 2.45) is 7.05 Å². The number of ether oxygens (including phenoxy) is 1. The van der Waals surface area contributed by atoms with Crippen molar-refractivity contribution in [2.75, 3.05) is 18.5 Å². The molecule has 1 saturated heterocycles. The van der Waals surface area contributed by atoms with Crippen molar-refractivity contribution in [3.05, 3.63) is 23.0 Å². The van der Waals surface area contributed by atoms with Gasteiger partial charge in [0.2, 0.25) is 0 Å². The zero-order valence-electron chi connectivity index (χ0n) is 15.0. The molecule has 2 aromatic rings. The Morgan fingerprint density at radius 2 is 1.93 bits per heavy atom. The quantitative estimate of drug-likeness (QED) is 0.835. The average Bonchev–Trinajstić information content (AvgIpc) is 3.14. The number of halogens is 3. The minimum atomic E-state index is -4.61. The number of nitrogens with zero attached hydrogens (tertiary/aromatic N) is 4. The number of anilines is 1. The zero-order valence-corrected chi connectivity index (χ0v) is 15.0. The number of rotatable bonds is 3. The van der Waals surface area contributed by atoms with Gasteiger partial charge in [0, 0.05) is 38.7 Å². The molecule has 9 nitrogen and oxygen atoms in total. The van der Waals surface area contributed by atoms with Crippen molar-refractivity contribution < 1.29 is 27.2 Å². The molecule has 27 heavy (non-hydrogen) atoms. The number of hydrogen-bond donors (Lipinski definition) is 2. The molecule has 148 valence electrons. The SMILES string of the molecule is Cc1noc(C2(NC(=O)Nc3c(C)c(C(F)(F)F)nn3C)CCOCC2)n1. The molecule has 0 bridgehead atoms. The Kier molecular flexibility index (Phi) is 4.84. The maximum absolute atomic E-state index is 13.0. The first-order chi connectivity index (χ1) is 12.6. The van der Waals surface area contributed by atoms with E-state index in [0.29, 0.717) is 31.9 Å². The van der Waals surface area contributed by atoms with Crippen LogP contribution >= 0.6 is 0 Å². The molecular formula is C15H19F3N6O3. The van der Waals surface area contributed by atoms with Crippen LogP contribution in [0.5, 0.6) is 0 Å². The highest BCUT2D eigenvalue weighted by atomic mass is 19.4. The third-order valence-corrected chi connectivity index (χ3v) is 4.42. The highest BCUT2D eigenvalue weighted by Gasteiger charge is 2.42. The van der Waals surface area contributed by atoms with Gasteiger partial charge in [0.15, 0.2) is 11.5 Å². The molecule has 0 radical (unpaired) electrons. The minimum Gasteiger partial charge on any atom is -0.381 e. The van der Waals surface area contributed by atoms with E-state index in [2.05, 4.69) is 25.9 Å². The fourth-order valence-corrected chi connectivity index (χ4v) is 3.03. The molecule has 0 aliphatic carbocycles. The van der Waals surface area contributed by atoms with Crippen LogP contribution in [0.3, 0.4) is 0 Å². The van der Waals surface area contributed by atoms with Crippen molar-refractivity contribution in [2.45, 2.75) is 38.4 Å². The molecule has 12 heteroatoms. The first kappa shape index (κ1) is 19.1. The molecule has 3 heterocycles. The fourth-order valence-electron chi connectivity index (χ4n) is 3.03. The summed E-state index contributed by atoms with van der Waals surface area (Å²) in [5.41, 5.74) is -2.17. The standard InChI is InChI=1S/C15H19F3N6O3/c1-8-10(15(16,17)18)22-24(3)11(8)20-13(25)21-14(4-6-26-7-5-14)12-19-9(2)23-27-12/h4-7H2,1-3H3,(H2,20,21,25). The van der Waals surface area contributed by atoms with Gasteiger partial charge >= 0.3 is 12.2 Å². The first-order valence-electron chi connectivity index (χ1n) is 8.21. The smallest absolute Gasteiger partial charge is 0.381 e. The van der Waals surface area contributed by atoms with E-state index in [0.717, 1.165) is 4.68 Å². The summed E-state index contributed by atoms with van der Waals surface area (Å²) in [6.07, 6.45) is -3.83. The molecule has 0 spiro atoms. The molecule has 2 amide bonds. The number of hydrogen-bond acceptors (Lipinski definition) is 6. The van der Waals surface area contributed by atoms with Gasteiger partial charge in [-0.2, -0.15) is 23.3 Å². The molecule has 0 saturated carbocycles. The highest BCUT2D eigenvalue weighted by molar-refractivity contribution is 5.89. The second-order valence-corrected chi connectivity index (χ2v) is 6.36. The summed E-state index contributed by atoms with van der Waals surface area (Å²) in [7, 11) is 1.32. The van der Waals surface area contributed by atoms with Crippen molar-refractivity contribution in [1.29, 1.82) is 0 Å². The Bertz CT molecular complexity index is 838. The second kappa shape index (κ2) is 6.83. The van der Waals surface area contributed by atoms with E-state index < -0.39 is 23.4 Å². The number of alkyl halides is 3. The Morgan fingerprint density at radius 3 is 2.44 bits per heavy atom. The zero-order chi connectivity index (χ0) is 19.8. The van der Waals surface area contributed by atoms with Crippen LogP contribution in [0.1, 0.15) is 35.8 Å². The Balaban J connectivity index is 1.83. The number of nitrogens with one attached hydrogen (secondary N) is 2. The lowest BCUT2D eigenvalue weighted by Crippen LogP contribution is -2.51. The number of carbonyl (C=O) groups excluding carboxylic acids is 1. The van der Waals surface area contributed by atoms with Crippen LogP contribution in [0.2, 0.25) is 0 Å². The van der Waals surface area contributed by atoms with Crippen molar-refractivity contribution in [1.82, 2.24) is 25.2 Å². The Labute approximate surface area is 152 Å². The Hall–Kier alpha value is -2.63. The second-order valence-electron chi connectivity index (χ2n) is 6.36. The summed E-state index contributed by atoms with van der Waals surface area (Å²) in [5.74, 6) is 0.593. The van der Waals surface area contributed by atoms with E-state index in [1.54, 1.807) is 6.92 Å². The van der Waals surface area contributed by atoms with Crippen LogP contribution in [-0.2, 0) is 23.5 Å². The normalized spacial score (nSPS) is 17.0. The predicted molar refractivity (Wildman–Crippen MR) is 85.9 cm³/mol. The maximum Gasteiger partial charge on any atom is 0.435 e. The van der Waals surface area contributed by atoms with Gasteiger partial charge in [-0.05, 0) is 13.8 Å². The van der Waals surface area contributed by atoms with Gasteiger partial charge in [-0.1, -0.05) is 5.16 Å².